The van der Waals surface area contributed by atoms with Crippen molar-refractivity contribution in [2.45, 2.75) is 45.2 Å². The standard InChI is InChI=1S/C15H22N2O/c1-10-4-3-5-13(8-10)11(2)17-15(18)9-14(16)12-6-7-12/h3-5,8,11-12,14H,6-7,9,16H2,1-2H3,(H,17,18)/t11-,14?/m1/s1. The van der Waals surface area contributed by atoms with E-state index in [1.165, 1.54) is 18.4 Å². The zero-order valence-electron chi connectivity index (χ0n) is 11.1. The predicted molar refractivity (Wildman–Crippen MR) is 73.1 cm³/mol. The first-order valence-electron chi connectivity index (χ1n) is 6.68. The van der Waals surface area contributed by atoms with Crippen LogP contribution in [0.2, 0.25) is 0 Å². The number of benzene rings is 1. The van der Waals surface area contributed by atoms with Crippen molar-refractivity contribution >= 4 is 5.91 Å². The van der Waals surface area contributed by atoms with Gasteiger partial charge in [0.2, 0.25) is 5.91 Å². The molecule has 1 aliphatic rings. The highest BCUT2D eigenvalue weighted by molar-refractivity contribution is 5.77. The molecule has 2 rings (SSSR count). The van der Waals surface area contributed by atoms with Gasteiger partial charge in [-0.25, -0.2) is 0 Å². The maximum absolute atomic E-state index is 11.9. The summed E-state index contributed by atoms with van der Waals surface area (Å²) in [4.78, 5) is 11.9. The summed E-state index contributed by atoms with van der Waals surface area (Å²) >= 11 is 0. The molecular formula is C15H22N2O. The first-order valence-corrected chi connectivity index (χ1v) is 6.68. The first-order chi connectivity index (χ1) is 8.56. The number of aryl methyl sites for hydroxylation is 1. The molecule has 1 aromatic carbocycles. The summed E-state index contributed by atoms with van der Waals surface area (Å²) in [5.74, 6) is 0.633. The van der Waals surface area contributed by atoms with E-state index in [0.717, 1.165) is 5.56 Å². The third-order valence-corrected chi connectivity index (χ3v) is 3.57. The summed E-state index contributed by atoms with van der Waals surface area (Å²) in [6.07, 6.45) is 2.81. The van der Waals surface area contributed by atoms with Crippen molar-refractivity contribution in [1.29, 1.82) is 0 Å². The average Bonchev–Trinajstić information content (AvgIpc) is 3.12. The van der Waals surface area contributed by atoms with E-state index in [1.54, 1.807) is 0 Å². The molecule has 18 heavy (non-hydrogen) atoms. The van der Waals surface area contributed by atoms with E-state index < -0.39 is 0 Å². The van der Waals surface area contributed by atoms with Gasteiger partial charge < -0.3 is 11.1 Å². The Hall–Kier alpha value is -1.35. The summed E-state index contributed by atoms with van der Waals surface area (Å²) in [6, 6.07) is 8.30. The molecule has 1 unspecified atom stereocenters. The Labute approximate surface area is 109 Å². The van der Waals surface area contributed by atoms with E-state index in [9.17, 15) is 4.79 Å². The van der Waals surface area contributed by atoms with E-state index in [0.29, 0.717) is 12.3 Å². The Kier molecular flexibility index (Phi) is 4.02. The summed E-state index contributed by atoms with van der Waals surface area (Å²) < 4.78 is 0. The minimum Gasteiger partial charge on any atom is -0.350 e. The van der Waals surface area contributed by atoms with Crippen molar-refractivity contribution in [3.63, 3.8) is 0 Å². The SMILES string of the molecule is Cc1cccc([C@@H](C)NC(=O)CC(N)C2CC2)c1. The van der Waals surface area contributed by atoms with Gasteiger partial charge in [-0.05, 0) is 38.2 Å². The number of carbonyl (C=O) groups excluding carboxylic acids is 1. The van der Waals surface area contributed by atoms with Crippen LogP contribution >= 0.6 is 0 Å². The molecule has 0 aromatic heterocycles. The van der Waals surface area contributed by atoms with Crippen molar-refractivity contribution in [1.82, 2.24) is 5.32 Å². The molecule has 0 spiro atoms. The highest BCUT2D eigenvalue weighted by atomic mass is 16.1. The molecule has 1 amide bonds. The number of nitrogens with one attached hydrogen (secondary N) is 1. The van der Waals surface area contributed by atoms with Gasteiger partial charge >= 0.3 is 0 Å². The predicted octanol–water partition coefficient (Wildman–Crippen LogP) is 2.30. The van der Waals surface area contributed by atoms with Crippen LogP contribution in [0.25, 0.3) is 0 Å². The minimum atomic E-state index is 0.0368. The molecule has 0 aliphatic heterocycles. The normalized spacial score (nSPS) is 18.2. The van der Waals surface area contributed by atoms with Crippen LogP contribution in [0.3, 0.4) is 0 Å². The second-order valence-electron chi connectivity index (χ2n) is 5.41. The van der Waals surface area contributed by atoms with E-state index >= 15 is 0 Å². The molecular weight excluding hydrogens is 224 g/mol. The number of carbonyl (C=O) groups is 1. The van der Waals surface area contributed by atoms with Gasteiger partial charge in [0.1, 0.15) is 0 Å². The van der Waals surface area contributed by atoms with Gasteiger partial charge in [-0.1, -0.05) is 29.8 Å². The highest BCUT2D eigenvalue weighted by Crippen LogP contribution is 2.32. The minimum absolute atomic E-state index is 0.0368. The average molecular weight is 246 g/mol. The number of hydrogen-bond donors (Lipinski definition) is 2. The van der Waals surface area contributed by atoms with Crippen LogP contribution in [0, 0.1) is 12.8 Å². The molecule has 98 valence electrons. The molecule has 1 saturated carbocycles. The molecule has 1 fully saturated rings. The number of rotatable bonds is 5. The van der Waals surface area contributed by atoms with Crippen LogP contribution < -0.4 is 11.1 Å². The third kappa shape index (κ3) is 3.57. The third-order valence-electron chi connectivity index (χ3n) is 3.57. The highest BCUT2D eigenvalue weighted by Gasteiger charge is 2.29. The Morgan fingerprint density at radius 3 is 2.83 bits per heavy atom. The Balaban J connectivity index is 1.86. The Morgan fingerprint density at radius 1 is 1.50 bits per heavy atom. The van der Waals surface area contributed by atoms with Crippen LogP contribution in [-0.2, 0) is 4.79 Å². The summed E-state index contributed by atoms with van der Waals surface area (Å²) in [5.41, 5.74) is 8.31. The van der Waals surface area contributed by atoms with Gasteiger partial charge in [0.25, 0.3) is 0 Å². The van der Waals surface area contributed by atoms with Gasteiger partial charge in [0.05, 0.1) is 6.04 Å². The molecule has 0 bridgehead atoms. The quantitative estimate of drug-likeness (QED) is 0.837. The zero-order valence-corrected chi connectivity index (χ0v) is 11.1. The molecule has 3 heteroatoms. The Bertz CT molecular complexity index is 426. The lowest BCUT2D eigenvalue weighted by Crippen LogP contribution is -2.34. The molecule has 1 aromatic rings. The van der Waals surface area contributed by atoms with Gasteiger partial charge in [-0.15, -0.1) is 0 Å². The molecule has 0 radical (unpaired) electrons. The van der Waals surface area contributed by atoms with Gasteiger partial charge in [0.15, 0.2) is 0 Å². The molecule has 3 N–H and O–H groups in total. The van der Waals surface area contributed by atoms with Crippen molar-refractivity contribution < 1.29 is 4.79 Å². The molecule has 0 heterocycles. The van der Waals surface area contributed by atoms with Crippen molar-refractivity contribution in [2.24, 2.45) is 11.7 Å². The Morgan fingerprint density at radius 2 is 2.22 bits per heavy atom. The lowest BCUT2D eigenvalue weighted by molar-refractivity contribution is -0.122. The smallest absolute Gasteiger partial charge is 0.222 e. The zero-order chi connectivity index (χ0) is 13.1. The van der Waals surface area contributed by atoms with Crippen LogP contribution in [0.15, 0.2) is 24.3 Å². The number of nitrogens with two attached hydrogens (primary N) is 1. The first kappa shape index (κ1) is 13.1. The number of amides is 1. The van der Waals surface area contributed by atoms with Gasteiger partial charge in [-0.2, -0.15) is 0 Å². The maximum Gasteiger partial charge on any atom is 0.222 e. The van der Waals surface area contributed by atoms with Crippen LogP contribution in [0.4, 0.5) is 0 Å². The monoisotopic (exact) mass is 246 g/mol. The summed E-state index contributed by atoms with van der Waals surface area (Å²) in [7, 11) is 0. The molecule has 3 nitrogen and oxygen atoms in total. The topological polar surface area (TPSA) is 55.1 Å². The largest absolute Gasteiger partial charge is 0.350 e. The fourth-order valence-corrected chi connectivity index (χ4v) is 2.23. The second kappa shape index (κ2) is 5.53. The van der Waals surface area contributed by atoms with Crippen LogP contribution in [0.5, 0.6) is 0 Å². The van der Waals surface area contributed by atoms with Gasteiger partial charge in [0, 0.05) is 12.5 Å². The lowest BCUT2D eigenvalue weighted by Gasteiger charge is -2.16. The van der Waals surface area contributed by atoms with E-state index in [1.807, 2.05) is 19.1 Å². The maximum atomic E-state index is 11.9. The second-order valence-corrected chi connectivity index (χ2v) is 5.41. The molecule has 1 aliphatic carbocycles. The summed E-state index contributed by atoms with van der Waals surface area (Å²) in [6.45, 7) is 4.07. The van der Waals surface area contributed by atoms with Crippen LogP contribution in [0.1, 0.15) is 43.4 Å². The lowest BCUT2D eigenvalue weighted by atomic mass is 10.0. The van der Waals surface area contributed by atoms with Crippen molar-refractivity contribution in [2.75, 3.05) is 0 Å². The van der Waals surface area contributed by atoms with E-state index in [2.05, 4.69) is 24.4 Å². The fourth-order valence-electron chi connectivity index (χ4n) is 2.23. The van der Waals surface area contributed by atoms with Crippen LogP contribution in [-0.4, -0.2) is 11.9 Å². The van der Waals surface area contributed by atoms with E-state index in [-0.39, 0.29) is 18.0 Å². The molecule has 0 saturated heterocycles. The van der Waals surface area contributed by atoms with Crippen molar-refractivity contribution in [3.8, 4) is 0 Å². The fraction of sp³-hybridized carbons (Fsp3) is 0.533. The van der Waals surface area contributed by atoms with Crippen molar-refractivity contribution in [3.05, 3.63) is 35.4 Å². The number of hydrogen-bond acceptors (Lipinski definition) is 2. The van der Waals surface area contributed by atoms with Gasteiger partial charge in [-0.3, -0.25) is 4.79 Å². The summed E-state index contributed by atoms with van der Waals surface area (Å²) in [5, 5.41) is 3.02. The molecule has 2 atom stereocenters. The van der Waals surface area contributed by atoms with E-state index in [4.69, 9.17) is 5.73 Å².